The summed E-state index contributed by atoms with van der Waals surface area (Å²) in [6.07, 6.45) is 0. The molecular weight excluding hydrogens is 346 g/mol. The van der Waals surface area contributed by atoms with E-state index in [0.717, 1.165) is 0 Å². The molecule has 0 saturated heterocycles. The van der Waals surface area contributed by atoms with Gasteiger partial charge >= 0.3 is 0 Å². The molecule has 25 heavy (non-hydrogen) atoms. The van der Waals surface area contributed by atoms with Gasteiger partial charge in [0.15, 0.2) is 0 Å². The molecule has 8 heteroatoms. The number of anilines is 2. The molecule has 0 spiro atoms. The van der Waals surface area contributed by atoms with Gasteiger partial charge in [0.1, 0.15) is 11.5 Å². The highest BCUT2D eigenvalue weighted by Gasteiger charge is 2.11. The molecule has 0 bridgehead atoms. The summed E-state index contributed by atoms with van der Waals surface area (Å²) in [6, 6.07) is 9.74. The second-order valence-electron chi connectivity index (χ2n) is 5.03. The maximum absolute atomic E-state index is 12.1. The zero-order valence-corrected chi connectivity index (χ0v) is 14.5. The van der Waals surface area contributed by atoms with Crippen molar-refractivity contribution in [2.24, 2.45) is 5.73 Å². The summed E-state index contributed by atoms with van der Waals surface area (Å²) in [6.45, 7) is -0.0188. The minimum absolute atomic E-state index is 0.0188. The second-order valence-corrected chi connectivity index (χ2v) is 5.43. The van der Waals surface area contributed by atoms with Gasteiger partial charge in [-0.15, -0.1) is 0 Å². The fourth-order valence-corrected chi connectivity index (χ4v) is 2.31. The predicted octanol–water partition coefficient (Wildman–Crippen LogP) is 2.51. The van der Waals surface area contributed by atoms with Crippen molar-refractivity contribution >= 4 is 34.8 Å². The number of carbonyl (C=O) groups excluding carboxylic acids is 2. The first kappa shape index (κ1) is 18.4. The molecule has 0 heterocycles. The van der Waals surface area contributed by atoms with Crippen LogP contribution in [0.3, 0.4) is 0 Å². The first-order valence-electron chi connectivity index (χ1n) is 7.29. The van der Waals surface area contributed by atoms with Gasteiger partial charge in [-0.05, 0) is 30.3 Å². The molecule has 0 saturated carbocycles. The molecule has 132 valence electrons. The molecule has 0 unspecified atom stereocenters. The predicted molar refractivity (Wildman–Crippen MR) is 96.6 cm³/mol. The molecule has 0 radical (unpaired) electrons. The Morgan fingerprint density at radius 3 is 2.52 bits per heavy atom. The zero-order valence-electron chi connectivity index (χ0n) is 13.8. The minimum Gasteiger partial charge on any atom is -0.497 e. The number of rotatable bonds is 7. The van der Waals surface area contributed by atoms with Gasteiger partial charge in [-0.1, -0.05) is 11.6 Å². The summed E-state index contributed by atoms with van der Waals surface area (Å²) >= 11 is 5.89. The summed E-state index contributed by atoms with van der Waals surface area (Å²) in [5.74, 6) is 0.170. The molecule has 7 nitrogen and oxygen atoms in total. The first-order chi connectivity index (χ1) is 11.9. The number of nitrogens with two attached hydrogens (primary N) is 1. The summed E-state index contributed by atoms with van der Waals surface area (Å²) in [5, 5.41) is 5.89. The SMILES string of the molecule is COc1ccc(NC(=O)CNc2ccc(Cl)c(C(N)=O)c2)c(OC)c1. The van der Waals surface area contributed by atoms with E-state index in [4.69, 9.17) is 26.8 Å². The Kier molecular flexibility index (Phi) is 6.08. The average molecular weight is 364 g/mol. The van der Waals surface area contributed by atoms with E-state index in [1.165, 1.54) is 19.2 Å². The van der Waals surface area contributed by atoms with Crippen LogP contribution in [0.1, 0.15) is 10.4 Å². The van der Waals surface area contributed by atoms with Crippen LogP contribution in [0.25, 0.3) is 0 Å². The van der Waals surface area contributed by atoms with Crippen molar-refractivity contribution in [3.8, 4) is 11.5 Å². The largest absolute Gasteiger partial charge is 0.497 e. The number of amides is 2. The Balaban J connectivity index is 2.02. The number of ether oxygens (including phenoxy) is 2. The molecule has 2 aromatic carbocycles. The molecule has 0 aromatic heterocycles. The van der Waals surface area contributed by atoms with Crippen LogP contribution < -0.4 is 25.8 Å². The lowest BCUT2D eigenvalue weighted by atomic mass is 10.2. The number of hydrogen-bond acceptors (Lipinski definition) is 5. The van der Waals surface area contributed by atoms with Crippen LogP contribution in [0.5, 0.6) is 11.5 Å². The van der Waals surface area contributed by atoms with Gasteiger partial charge < -0.3 is 25.8 Å². The number of methoxy groups -OCH3 is 2. The highest BCUT2D eigenvalue weighted by molar-refractivity contribution is 6.33. The topological polar surface area (TPSA) is 103 Å². The van der Waals surface area contributed by atoms with Crippen molar-refractivity contribution in [2.75, 3.05) is 31.4 Å². The van der Waals surface area contributed by atoms with Gasteiger partial charge in [0.25, 0.3) is 0 Å². The van der Waals surface area contributed by atoms with Crippen molar-refractivity contribution in [1.82, 2.24) is 0 Å². The van der Waals surface area contributed by atoms with E-state index < -0.39 is 5.91 Å². The Labute approximate surface area is 150 Å². The monoisotopic (exact) mass is 363 g/mol. The van der Waals surface area contributed by atoms with Crippen LogP contribution >= 0.6 is 11.6 Å². The van der Waals surface area contributed by atoms with Crippen molar-refractivity contribution < 1.29 is 19.1 Å². The fraction of sp³-hybridized carbons (Fsp3) is 0.176. The lowest BCUT2D eigenvalue weighted by molar-refractivity contribution is -0.114. The summed E-state index contributed by atoms with van der Waals surface area (Å²) in [7, 11) is 3.05. The summed E-state index contributed by atoms with van der Waals surface area (Å²) < 4.78 is 10.3. The van der Waals surface area contributed by atoms with E-state index in [1.807, 2.05) is 0 Å². The molecule has 2 rings (SSSR count). The smallest absolute Gasteiger partial charge is 0.250 e. The van der Waals surface area contributed by atoms with Crippen LogP contribution in [0.2, 0.25) is 5.02 Å². The molecule has 0 aliphatic heterocycles. The molecule has 2 amide bonds. The first-order valence-corrected chi connectivity index (χ1v) is 7.67. The normalized spacial score (nSPS) is 10.0. The Morgan fingerprint density at radius 1 is 1.12 bits per heavy atom. The van der Waals surface area contributed by atoms with E-state index in [1.54, 1.807) is 31.4 Å². The van der Waals surface area contributed by atoms with Crippen LogP contribution in [-0.4, -0.2) is 32.6 Å². The van der Waals surface area contributed by atoms with Crippen LogP contribution in [0.15, 0.2) is 36.4 Å². The lowest BCUT2D eigenvalue weighted by Crippen LogP contribution is -2.22. The molecule has 2 aromatic rings. The Bertz CT molecular complexity index is 795. The van der Waals surface area contributed by atoms with Crippen molar-refractivity contribution in [3.05, 3.63) is 47.0 Å². The highest BCUT2D eigenvalue weighted by atomic mass is 35.5. The van der Waals surface area contributed by atoms with Gasteiger partial charge in [-0.2, -0.15) is 0 Å². The van der Waals surface area contributed by atoms with E-state index in [-0.39, 0.29) is 23.0 Å². The van der Waals surface area contributed by atoms with Crippen molar-refractivity contribution in [1.29, 1.82) is 0 Å². The molecule has 4 N–H and O–H groups in total. The quantitative estimate of drug-likeness (QED) is 0.701. The average Bonchev–Trinajstić information content (AvgIpc) is 2.61. The summed E-state index contributed by atoms with van der Waals surface area (Å²) in [4.78, 5) is 23.4. The zero-order chi connectivity index (χ0) is 18.4. The number of primary amides is 1. The lowest BCUT2D eigenvalue weighted by Gasteiger charge is -2.12. The fourth-order valence-electron chi connectivity index (χ4n) is 2.10. The minimum atomic E-state index is -0.638. The second kappa shape index (κ2) is 8.25. The van der Waals surface area contributed by atoms with E-state index in [0.29, 0.717) is 22.9 Å². The molecule has 0 aliphatic rings. The third-order valence-electron chi connectivity index (χ3n) is 3.37. The third-order valence-corrected chi connectivity index (χ3v) is 3.70. The number of hydrogen-bond donors (Lipinski definition) is 3. The number of benzene rings is 2. The molecule has 0 fully saturated rings. The van der Waals surface area contributed by atoms with Gasteiger partial charge in [0.05, 0.1) is 37.0 Å². The van der Waals surface area contributed by atoms with E-state index >= 15 is 0 Å². The molecular formula is C17H18ClN3O4. The molecule has 0 aliphatic carbocycles. The Hall–Kier alpha value is -2.93. The summed E-state index contributed by atoms with van der Waals surface area (Å²) in [5.41, 5.74) is 6.50. The van der Waals surface area contributed by atoms with Gasteiger partial charge in [0.2, 0.25) is 11.8 Å². The van der Waals surface area contributed by atoms with E-state index in [9.17, 15) is 9.59 Å². The Morgan fingerprint density at radius 2 is 1.88 bits per heavy atom. The van der Waals surface area contributed by atoms with E-state index in [2.05, 4.69) is 10.6 Å². The molecule has 0 atom stereocenters. The maximum Gasteiger partial charge on any atom is 0.250 e. The number of nitrogens with one attached hydrogen (secondary N) is 2. The van der Waals surface area contributed by atoms with Gasteiger partial charge in [-0.3, -0.25) is 9.59 Å². The van der Waals surface area contributed by atoms with Crippen molar-refractivity contribution in [2.45, 2.75) is 0 Å². The third kappa shape index (κ3) is 4.77. The number of carbonyl (C=O) groups is 2. The van der Waals surface area contributed by atoms with Crippen LogP contribution in [0.4, 0.5) is 11.4 Å². The standard InChI is InChI=1S/C17H18ClN3O4/c1-24-11-4-6-14(15(8-11)25-2)21-16(22)9-20-10-3-5-13(18)12(7-10)17(19)23/h3-8,20H,9H2,1-2H3,(H2,19,23)(H,21,22). The maximum atomic E-state index is 12.1. The van der Waals surface area contributed by atoms with Crippen LogP contribution in [0, 0.1) is 0 Å². The number of halogens is 1. The highest BCUT2D eigenvalue weighted by Crippen LogP contribution is 2.29. The van der Waals surface area contributed by atoms with Gasteiger partial charge in [0, 0.05) is 11.8 Å². The van der Waals surface area contributed by atoms with Crippen molar-refractivity contribution in [3.63, 3.8) is 0 Å². The van der Waals surface area contributed by atoms with Crippen LogP contribution in [-0.2, 0) is 4.79 Å². The van der Waals surface area contributed by atoms with Gasteiger partial charge in [-0.25, -0.2) is 0 Å².